The van der Waals surface area contributed by atoms with Crippen molar-refractivity contribution >= 4 is 34.0 Å². The van der Waals surface area contributed by atoms with Gasteiger partial charge in [-0.2, -0.15) is 0 Å². The Kier molecular flexibility index (Phi) is 2.82. The number of rotatable bonds is 2. The largest absolute Gasteiger partial charge is 0.338 e. The number of anilines is 2. The molecule has 0 radical (unpaired) electrons. The number of halogens is 1. The zero-order chi connectivity index (χ0) is 12.4. The van der Waals surface area contributed by atoms with Gasteiger partial charge >= 0.3 is 0 Å². The normalized spacial score (nSPS) is 10.5. The van der Waals surface area contributed by atoms with Crippen molar-refractivity contribution in [3.05, 3.63) is 59.9 Å². The van der Waals surface area contributed by atoms with Gasteiger partial charge in [0, 0.05) is 17.8 Å². The topological polar surface area (TPSA) is 37.8 Å². The molecule has 3 nitrogen and oxygen atoms in total. The molecule has 0 atom stereocenters. The summed E-state index contributed by atoms with van der Waals surface area (Å²) in [5.41, 5.74) is 1.86. The Morgan fingerprint density at radius 2 is 1.83 bits per heavy atom. The van der Waals surface area contributed by atoms with Gasteiger partial charge in [0.2, 0.25) is 0 Å². The van der Waals surface area contributed by atoms with Crippen LogP contribution in [0.4, 0.5) is 11.5 Å². The van der Waals surface area contributed by atoms with Crippen LogP contribution < -0.4 is 5.32 Å². The van der Waals surface area contributed by atoms with Crippen molar-refractivity contribution in [1.29, 1.82) is 0 Å². The lowest BCUT2D eigenvalue weighted by atomic mass is 10.2. The van der Waals surface area contributed by atoms with E-state index in [4.69, 9.17) is 11.6 Å². The van der Waals surface area contributed by atoms with E-state index in [2.05, 4.69) is 15.3 Å². The number of nitrogens with one attached hydrogen (secondary N) is 1. The highest BCUT2D eigenvalue weighted by atomic mass is 35.5. The van der Waals surface area contributed by atoms with E-state index in [0.29, 0.717) is 5.02 Å². The van der Waals surface area contributed by atoms with Crippen LogP contribution in [0.15, 0.2) is 54.9 Å². The second kappa shape index (κ2) is 4.63. The molecule has 0 amide bonds. The quantitative estimate of drug-likeness (QED) is 0.751. The smallest absolute Gasteiger partial charge is 0.130 e. The van der Waals surface area contributed by atoms with Gasteiger partial charge in [-0.05, 0) is 24.3 Å². The lowest BCUT2D eigenvalue weighted by Gasteiger charge is -2.08. The number of nitrogens with zero attached hydrogens (tertiary/aromatic N) is 2. The molecular weight excluding hydrogens is 246 g/mol. The molecule has 0 saturated heterocycles. The number of para-hydroxylation sites is 1. The van der Waals surface area contributed by atoms with Gasteiger partial charge in [-0.15, -0.1) is 0 Å². The molecule has 0 spiro atoms. The molecule has 1 N–H and O–H groups in total. The molecule has 2 aromatic heterocycles. The van der Waals surface area contributed by atoms with Crippen molar-refractivity contribution in [3.8, 4) is 0 Å². The summed E-state index contributed by atoms with van der Waals surface area (Å²) in [6.07, 6.45) is 3.39. The predicted molar refractivity (Wildman–Crippen MR) is 74.3 cm³/mol. The summed E-state index contributed by atoms with van der Waals surface area (Å²) in [4.78, 5) is 8.59. The summed E-state index contributed by atoms with van der Waals surface area (Å²) in [5, 5.41) is 4.96. The number of fused-ring (bicyclic) bond motifs is 1. The summed E-state index contributed by atoms with van der Waals surface area (Å²) >= 11 is 5.81. The van der Waals surface area contributed by atoms with Crippen molar-refractivity contribution in [2.45, 2.75) is 0 Å². The Morgan fingerprint density at radius 3 is 2.67 bits per heavy atom. The molecule has 3 rings (SSSR count). The van der Waals surface area contributed by atoms with E-state index in [1.54, 1.807) is 18.5 Å². The molecule has 18 heavy (non-hydrogen) atoms. The van der Waals surface area contributed by atoms with Crippen LogP contribution in [0.2, 0.25) is 5.02 Å². The van der Waals surface area contributed by atoms with E-state index in [9.17, 15) is 0 Å². The highest BCUT2D eigenvalue weighted by Crippen LogP contribution is 2.23. The highest BCUT2D eigenvalue weighted by Gasteiger charge is 2.02. The molecule has 1 aromatic carbocycles. The number of benzene rings is 1. The molecule has 0 unspecified atom stereocenters. The number of hydrogen-bond acceptors (Lipinski definition) is 3. The van der Waals surface area contributed by atoms with Crippen molar-refractivity contribution in [3.63, 3.8) is 0 Å². The van der Waals surface area contributed by atoms with Crippen molar-refractivity contribution in [2.24, 2.45) is 0 Å². The summed E-state index contributed by atoms with van der Waals surface area (Å²) in [6, 6.07) is 13.6. The standard InChI is InChI=1S/C14H10ClN3/c15-11-6-7-13(17-9-11)18-12-5-1-3-10-4-2-8-16-14(10)12/h1-9H,(H,17,18). The van der Waals surface area contributed by atoms with Crippen molar-refractivity contribution in [1.82, 2.24) is 9.97 Å². The van der Waals surface area contributed by atoms with Gasteiger partial charge < -0.3 is 5.32 Å². The van der Waals surface area contributed by atoms with E-state index in [-0.39, 0.29) is 0 Å². The van der Waals surface area contributed by atoms with Gasteiger partial charge in [-0.25, -0.2) is 4.98 Å². The van der Waals surface area contributed by atoms with Crippen molar-refractivity contribution < 1.29 is 0 Å². The first-order chi connectivity index (χ1) is 8.83. The van der Waals surface area contributed by atoms with Gasteiger partial charge in [0.25, 0.3) is 0 Å². The number of aromatic nitrogens is 2. The minimum absolute atomic E-state index is 0.622. The molecule has 88 valence electrons. The van der Waals surface area contributed by atoms with E-state index >= 15 is 0 Å². The van der Waals surface area contributed by atoms with Crippen LogP contribution in [0.3, 0.4) is 0 Å². The molecule has 0 aliphatic heterocycles. The summed E-state index contributed by atoms with van der Waals surface area (Å²) in [6.45, 7) is 0. The third-order valence-electron chi connectivity index (χ3n) is 2.62. The van der Waals surface area contributed by atoms with E-state index in [1.807, 2.05) is 36.4 Å². The zero-order valence-electron chi connectivity index (χ0n) is 9.47. The van der Waals surface area contributed by atoms with Gasteiger partial charge in [0.05, 0.1) is 16.2 Å². The van der Waals surface area contributed by atoms with Gasteiger partial charge in [0.1, 0.15) is 5.82 Å². The summed E-state index contributed by atoms with van der Waals surface area (Å²) in [5.74, 6) is 0.748. The van der Waals surface area contributed by atoms with E-state index < -0.39 is 0 Å². The van der Waals surface area contributed by atoms with Crippen molar-refractivity contribution in [2.75, 3.05) is 5.32 Å². The monoisotopic (exact) mass is 255 g/mol. The fourth-order valence-electron chi connectivity index (χ4n) is 1.79. The predicted octanol–water partition coefficient (Wildman–Crippen LogP) is 4.03. The lowest BCUT2D eigenvalue weighted by molar-refractivity contribution is 1.30. The Bertz CT molecular complexity index is 675. The highest BCUT2D eigenvalue weighted by molar-refractivity contribution is 6.30. The third-order valence-corrected chi connectivity index (χ3v) is 2.85. The van der Waals surface area contributed by atoms with Crippen LogP contribution in [0.1, 0.15) is 0 Å². The molecule has 3 aromatic rings. The molecule has 0 saturated carbocycles. The van der Waals surface area contributed by atoms with E-state index in [1.165, 1.54) is 0 Å². The zero-order valence-corrected chi connectivity index (χ0v) is 10.2. The van der Waals surface area contributed by atoms with Crippen LogP contribution >= 0.6 is 11.6 Å². The molecular formula is C14H10ClN3. The lowest BCUT2D eigenvalue weighted by Crippen LogP contribution is -1.94. The van der Waals surface area contributed by atoms with Gasteiger partial charge in [-0.1, -0.05) is 29.8 Å². The number of hydrogen-bond donors (Lipinski definition) is 1. The minimum atomic E-state index is 0.622. The Morgan fingerprint density at radius 1 is 0.944 bits per heavy atom. The third kappa shape index (κ3) is 2.13. The number of pyridine rings is 2. The second-order valence-corrected chi connectivity index (χ2v) is 4.30. The maximum Gasteiger partial charge on any atom is 0.130 e. The van der Waals surface area contributed by atoms with Crippen LogP contribution in [0.25, 0.3) is 10.9 Å². The molecule has 0 fully saturated rings. The molecule has 0 aliphatic carbocycles. The summed E-state index contributed by atoms with van der Waals surface area (Å²) in [7, 11) is 0. The van der Waals surface area contributed by atoms with Crippen LogP contribution in [0, 0.1) is 0 Å². The second-order valence-electron chi connectivity index (χ2n) is 3.87. The first-order valence-corrected chi connectivity index (χ1v) is 5.93. The average Bonchev–Trinajstić information content (AvgIpc) is 2.42. The Balaban J connectivity index is 2.02. The van der Waals surface area contributed by atoms with Crippen LogP contribution in [0.5, 0.6) is 0 Å². The molecule has 2 heterocycles. The van der Waals surface area contributed by atoms with Gasteiger partial charge in [-0.3, -0.25) is 4.98 Å². The van der Waals surface area contributed by atoms with E-state index in [0.717, 1.165) is 22.4 Å². The fourth-order valence-corrected chi connectivity index (χ4v) is 1.90. The minimum Gasteiger partial charge on any atom is -0.338 e. The molecule has 0 bridgehead atoms. The first kappa shape index (κ1) is 11.0. The fraction of sp³-hybridized carbons (Fsp3) is 0. The maximum absolute atomic E-state index is 5.81. The first-order valence-electron chi connectivity index (χ1n) is 5.55. The summed E-state index contributed by atoms with van der Waals surface area (Å²) < 4.78 is 0. The van der Waals surface area contributed by atoms with Crippen LogP contribution in [-0.2, 0) is 0 Å². The van der Waals surface area contributed by atoms with Crippen LogP contribution in [-0.4, -0.2) is 9.97 Å². The SMILES string of the molecule is Clc1ccc(Nc2cccc3cccnc23)nc1. The molecule has 0 aliphatic rings. The van der Waals surface area contributed by atoms with Gasteiger partial charge in [0.15, 0.2) is 0 Å². The maximum atomic E-state index is 5.81. The average molecular weight is 256 g/mol. The molecule has 4 heteroatoms. The Labute approximate surface area is 109 Å². The Hall–Kier alpha value is -2.13.